The maximum atomic E-state index is 2.43. The zero-order chi connectivity index (χ0) is 8.60. The zero-order valence-electron chi connectivity index (χ0n) is 8.55. The second-order valence-electron chi connectivity index (χ2n) is 5.26. The van der Waals surface area contributed by atoms with Crippen LogP contribution in [0.5, 0.6) is 0 Å². The Hall–Kier alpha value is -0.0400. The van der Waals surface area contributed by atoms with Gasteiger partial charge in [-0.1, -0.05) is 6.42 Å². The highest BCUT2D eigenvalue weighted by Crippen LogP contribution is 2.37. The van der Waals surface area contributed by atoms with Gasteiger partial charge >= 0.3 is 0 Å². The van der Waals surface area contributed by atoms with Crippen molar-refractivity contribution in [2.45, 2.75) is 44.6 Å². The molecule has 1 heterocycles. The Kier molecular flexibility index (Phi) is 2.16. The lowest BCUT2D eigenvalue weighted by molar-refractivity contribution is -0.925. The van der Waals surface area contributed by atoms with Crippen LogP contribution in [0.3, 0.4) is 0 Å². The van der Waals surface area contributed by atoms with Crippen molar-refractivity contribution in [3.63, 3.8) is 0 Å². The van der Waals surface area contributed by atoms with Crippen molar-refractivity contribution in [3.8, 4) is 0 Å². The van der Waals surface area contributed by atoms with Gasteiger partial charge in [0.2, 0.25) is 0 Å². The van der Waals surface area contributed by atoms with Gasteiger partial charge in [0.15, 0.2) is 0 Å². The molecule has 1 heteroatoms. The Morgan fingerprint density at radius 1 is 0.917 bits per heavy atom. The molecule has 0 radical (unpaired) electrons. The van der Waals surface area contributed by atoms with E-state index in [1.54, 1.807) is 0 Å². The van der Waals surface area contributed by atoms with Crippen LogP contribution < -0.4 is 0 Å². The minimum Gasteiger partial charge on any atom is -0.326 e. The average molecular weight is 168 g/mol. The summed E-state index contributed by atoms with van der Waals surface area (Å²) in [5, 5.41) is 0. The van der Waals surface area contributed by atoms with Crippen molar-refractivity contribution in [1.82, 2.24) is 0 Å². The normalized spacial score (nSPS) is 40.5. The molecule has 0 aromatic rings. The van der Waals surface area contributed by atoms with Gasteiger partial charge in [-0.15, -0.1) is 0 Å². The summed E-state index contributed by atoms with van der Waals surface area (Å²) in [6.45, 7) is 1.42. The lowest BCUT2D eigenvalue weighted by atomic mass is 9.77. The Morgan fingerprint density at radius 3 is 2.33 bits per heavy atom. The molecule has 1 saturated carbocycles. The van der Waals surface area contributed by atoms with Crippen molar-refractivity contribution < 1.29 is 4.48 Å². The largest absolute Gasteiger partial charge is 0.326 e. The molecule has 1 saturated heterocycles. The van der Waals surface area contributed by atoms with Crippen LogP contribution in [0.4, 0.5) is 0 Å². The molecule has 1 aliphatic heterocycles. The van der Waals surface area contributed by atoms with Crippen molar-refractivity contribution in [2.24, 2.45) is 5.92 Å². The molecule has 2 aliphatic rings. The lowest BCUT2D eigenvalue weighted by Gasteiger charge is -2.48. The van der Waals surface area contributed by atoms with Crippen LogP contribution in [0.1, 0.15) is 38.5 Å². The standard InChI is InChI=1S/C11H22N/c1-12(2)9-5-7-10-6-3-4-8-11(10)12/h10-11H,3-9H2,1-2H3/q+1. The summed E-state index contributed by atoms with van der Waals surface area (Å²) in [4.78, 5) is 0. The Morgan fingerprint density at radius 2 is 1.58 bits per heavy atom. The van der Waals surface area contributed by atoms with E-state index < -0.39 is 0 Å². The molecular formula is C11H22N+. The van der Waals surface area contributed by atoms with Crippen molar-refractivity contribution >= 4 is 0 Å². The van der Waals surface area contributed by atoms with Crippen molar-refractivity contribution in [2.75, 3.05) is 20.6 Å². The first-order valence-corrected chi connectivity index (χ1v) is 5.53. The van der Waals surface area contributed by atoms with Crippen LogP contribution in [-0.2, 0) is 0 Å². The number of rotatable bonds is 0. The van der Waals surface area contributed by atoms with Crippen LogP contribution in [0.15, 0.2) is 0 Å². The number of piperidine rings is 1. The fourth-order valence-electron chi connectivity index (χ4n) is 3.37. The highest BCUT2D eigenvalue weighted by Gasteiger charge is 2.39. The lowest BCUT2D eigenvalue weighted by Crippen LogP contribution is -2.56. The fourth-order valence-corrected chi connectivity index (χ4v) is 3.37. The topological polar surface area (TPSA) is 0 Å². The second kappa shape index (κ2) is 3.02. The fraction of sp³-hybridized carbons (Fsp3) is 1.00. The molecule has 0 N–H and O–H groups in total. The van der Waals surface area contributed by atoms with Crippen LogP contribution >= 0.6 is 0 Å². The number of likely N-dealkylation sites (tertiary alicyclic amines) is 1. The van der Waals surface area contributed by atoms with Gasteiger partial charge in [0.1, 0.15) is 0 Å². The van der Waals surface area contributed by atoms with Gasteiger partial charge in [0, 0.05) is 5.92 Å². The van der Waals surface area contributed by atoms with E-state index in [1.165, 1.54) is 49.6 Å². The predicted molar refractivity (Wildman–Crippen MR) is 52.0 cm³/mol. The summed E-state index contributed by atoms with van der Waals surface area (Å²) in [7, 11) is 4.87. The first-order valence-electron chi connectivity index (χ1n) is 5.53. The van der Waals surface area contributed by atoms with Gasteiger partial charge in [-0.3, -0.25) is 0 Å². The van der Waals surface area contributed by atoms with E-state index in [0.717, 1.165) is 12.0 Å². The van der Waals surface area contributed by atoms with Crippen LogP contribution in [0.2, 0.25) is 0 Å². The van der Waals surface area contributed by atoms with E-state index in [4.69, 9.17) is 0 Å². The molecule has 12 heavy (non-hydrogen) atoms. The van der Waals surface area contributed by atoms with Gasteiger partial charge < -0.3 is 4.48 Å². The van der Waals surface area contributed by atoms with Gasteiger partial charge in [0.05, 0.1) is 26.7 Å². The molecule has 0 spiro atoms. The minimum atomic E-state index is 1.01. The quantitative estimate of drug-likeness (QED) is 0.487. The maximum Gasteiger partial charge on any atom is 0.0914 e. The van der Waals surface area contributed by atoms with E-state index >= 15 is 0 Å². The van der Waals surface area contributed by atoms with Gasteiger partial charge in [-0.05, 0) is 32.1 Å². The molecule has 0 aromatic heterocycles. The van der Waals surface area contributed by atoms with Crippen molar-refractivity contribution in [1.29, 1.82) is 0 Å². The second-order valence-corrected chi connectivity index (χ2v) is 5.26. The van der Waals surface area contributed by atoms with Gasteiger partial charge in [-0.25, -0.2) is 0 Å². The monoisotopic (exact) mass is 168 g/mol. The van der Waals surface area contributed by atoms with Crippen LogP contribution in [0, 0.1) is 5.92 Å². The van der Waals surface area contributed by atoms with Crippen LogP contribution in [0.25, 0.3) is 0 Å². The van der Waals surface area contributed by atoms with E-state index in [1.807, 2.05) is 0 Å². The molecule has 0 aromatic carbocycles. The molecule has 2 rings (SSSR count). The Labute approximate surface area is 76.3 Å². The highest BCUT2D eigenvalue weighted by atomic mass is 15.3. The molecule has 0 amide bonds. The Bertz CT molecular complexity index is 160. The van der Waals surface area contributed by atoms with Crippen molar-refractivity contribution in [3.05, 3.63) is 0 Å². The number of quaternary nitrogens is 1. The average Bonchev–Trinajstić information content (AvgIpc) is 2.04. The number of hydrogen-bond donors (Lipinski definition) is 0. The van der Waals surface area contributed by atoms with E-state index in [9.17, 15) is 0 Å². The summed E-state index contributed by atoms with van der Waals surface area (Å²) in [6, 6.07) is 1.01. The zero-order valence-corrected chi connectivity index (χ0v) is 8.55. The predicted octanol–water partition coefficient (Wildman–Crippen LogP) is 2.42. The van der Waals surface area contributed by atoms with E-state index in [0.29, 0.717) is 0 Å². The number of fused-ring (bicyclic) bond motifs is 1. The molecule has 70 valence electrons. The first kappa shape index (κ1) is 8.55. The SMILES string of the molecule is C[N+]1(C)CCCC2CCCCC21. The van der Waals surface area contributed by atoms with E-state index in [2.05, 4.69) is 14.1 Å². The maximum absolute atomic E-state index is 2.43. The smallest absolute Gasteiger partial charge is 0.0914 e. The molecule has 1 aliphatic carbocycles. The van der Waals surface area contributed by atoms with Gasteiger partial charge in [0.25, 0.3) is 0 Å². The Balaban J connectivity index is 2.09. The third-order valence-electron chi connectivity index (χ3n) is 4.08. The highest BCUT2D eigenvalue weighted by molar-refractivity contribution is 4.79. The summed E-state index contributed by atoms with van der Waals surface area (Å²) in [5.74, 6) is 1.07. The summed E-state index contributed by atoms with van der Waals surface area (Å²) in [6.07, 6.45) is 8.99. The molecule has 1 nitrogen and oxygen atoms in total. The van der Waals surface area contributed by atoms with E-state index in [-0.39, 0.29) is 0 Å². The number of nitrogens with zero attached hydrogens (tertiary/aromatic N) is 1. The molecule has 2 atom stereocenters. The third kappa shape index (κ3) is 1.39. The summed E-state index contributed by atoms with van der Waals surface area (Å²) in [5.41, 5.74) is 0. The minimum absolute atomic E-state index is 1.01. The van der Waals surface area contributed by atoms with Gasteiger partial charge in [-0.2, -0.15) is 0 Å². The summed E-state index contributed by atoms with van der Waals surface area (Å²) >= 11 is 0. The van der Waals surface area contributed by atoms with Crippen LogP contribution in [-0.4, -0.2) is 31.2 Å². The first-order chi connectivity index (χ1) is 5.70. The molecule has 2 unspecified atom stereocenters. The summed E-state index contributed by atoms with van der Waals surface area (Å²) < 4.78 is 1.31. The molecule has 2 fully saturated rings. The number of hydrogen-bond acceptors (Lipinski definition) is 0. The third-order valence-corrected chi connectivity index (χ3v) is 4.08. The molecular weight excluding hydrogens is 146 g/mol. The molecule has 0 bridgehead atoms.